The van der Waals surface area contributed by atoms with Crippen molar-refractivity contribution in [2.45, 2.75) is 12.6 Å². The fraction of sp³-hybridized carbons (Fsp3) is 0.231. The van der Waals surface area contributed by atoms with Crippen LogP contribution in [-0.4, -0.2) is 17.7 Å². The largest absolute Gasteiger partial charge is 0.454 e. The van der Waals surface area contributed by atoms with E-state index in [1.54, 1.807) is 18.2 Å². The van der Waals surface area contributed by atoms with E-state index in [-0.39, 0.29) is 18.3 Å². The number of hydrogen-bond acceptors (Lipinski definition) is 5. The number of benzene rings is 1. The maximum atomic E-state index is 12.4. The van der Waals surface area contributed by atoms with Crippen LogP contribution in [0.25, 0.3) is 0 Å². The fourth-order valence-corrected chi connectivity index (χ4v) is 2.56. The molecule has 0 unspecified atom stereocenters. The number of thiazole rings is 1. The van der Waals surface area contributed by atoms with Crippen molar-refractivity contribution in [3.63, 3.8) is 0 Å². The molecule has 2 heterocycles. The predicted molar refractivity (Wildman–Crippen MR) is 72.0 cm³/mol. The lowest BCUT2D eigenvalue weighted by molar-refractivity contribution is -0.134. The third-order valence-corrected chi connectivity index (χ3v) is 3.79. The van der Waals surface area contributed by atoms with E-state index in [9.17, 15) is 18.0 Å². The zero-order valence-electron chi connectivity index (χ0n) is 10.9. The summed E-state index contributed by atoms with van der Waals surface area (Å²) in [5.41, 5.74) is 0.661. The van der Waals surface area contributed by atoms with Crippen LogP contribution in [0.15, 0.2) is 24.4 Å². The molecule has 0 saturated carbocycles. The number of carbonyl (C=O) groups is 1. The van der Waals surface area contributed by atoms with Crippen molar-refractivity contribution in [1.29, 1.82) is 0 Å². The second kappa shape index (κ2) is 5.48. The van der Waals surface area contributed by atoms with Crippen LogP contribution in [0.4, 0.5) is 18.3 Å². The van der Waals surface area contributed by atoms with Crippen molar-refractivity contribution >= 4 is 22.4 Å². The summed E-state index contributed by atoms with van der Waals surface area (Å²) < 4.78 is 47.7. The first-order valence-corrected chi connectivity index (χ1v) is 6.95. The third kappa shape index (κ3) is 3.14. The third-order valence-electron chi connectivity index (χ3n) is 2.83. The highest BCUT2D eigenvalue weighted by molar-refractivity contribution is 7.15. The maximum Gasteiger partial charge on any atom is 0.427 e. The van der Waals surface area contributed by atoms with Crippen LogP contribution in [0, 0.1) is 0 Å². The second-order valence-electron chi connectivity index (χ2n) is 4.44. The van der Waals surface area contributed by atoms with E-state index in [1.165, 1.54) is 0 Å². The van der Waals surface area contributed by atoms with Crippen LogP contribution >= 0.6 is 11.3 Å². The van der Waals surface area contributed by atoms with Gasteiger partial charge in [0.2, 0.25) is 12.7 Å². The van der Waals surface area contributed by atoms with E-state index in [1.807, 2.05) is 0 Å². The highest BCUT2D eigenvalue weighted by atomic mass is 32.1. The van der Waals surface area contributed by atoms with Gasteiger partial charge in [0.05, 0.1) is 12.6 Å². The number of halogens is 3. The van der Waals surface area contributed by atoms with Crippen LogP contribution < -0.4 is 14.8 Å². The number of rotatable bonds is 3. The van der Waals surface area contributed by atoms with Crippen molar-refractivity contribution < 1.29 is 27.4 Å². The minimum absolute atomic E-state index is 0.00241. The normalized spacial score (nSPS) is 13.2. The SMILES string of the molecule is O=C(Cc1ccc2c(c1)OCO2)Nc1ncc(C(F)(F)F)s1. The highest BCUT2D eigenvalue weighted by Gasteiger charge is 2.33. The van der Waals surface area contributed by atoms with Crippen LogP contribution in [0.2, 0.25) is 0 Å². The predicted octanol–water partition coefficient (Wildman–Crippen LogP) is 3.07. The van der Waals surface area contributed by atoms with Crippen molar-refractivity contribution in [1.82, 2.24) is 4.98 Å². The molecule has 0 bridgehead atoms. The Labute approximate surface area is 126 Å². The van der Waals surface area contributed by atoms with Gasteiger partial charge in [-0.3, -0.25) is 4.79 Å². The Balaban J connectivity index is 1.64. The fourth-order valence-electron chi connectivity index (χ4n) is 1.86. The van der Waals surface area contributed by atoms with Gasteiger partial charge in [0.1, 0.15) is 4.88 Å². The molecule has 0 spiro atoms. The quantitative estimate of drug-likeness (QED) is 0.939. The van der Waals surface area contributed by atoms with Gasteiger partial charge in [-0.2, -0.15) is 13.2 Å². The average molecular weight is 330 g/mol. The van der Waals surface area contributed by atoms with E-state index < -0.39 is 17.0 Å². The summed E-state index contributed by atoms with van der Waals surface area (Å²) in [6, 6.07) is 5.02. The van der Waals surface area contributed by atoms with Crippen LogP contribution in [0.5, 0.6) is 11.5 Å². The molecule has 22 heavy (non-hydrogen) atoms. The standard InChI is InChI=1S/C13H9F3N2O3S/c14-13(15,16)10-5-17-12(22-10)18-11(19)4-7-1-2-8-9(3-7)21-6-20-8/h1-3,5H,4,6H2,(H,17,18,19). The van der Waals surface area contributed by atoms with Gasteiger partial charge < -0.3 is 14.8 Å². The molecule has 1 aromatic carbocycles. The molecule has 3 rings (SSSR count). The molecule has 0 atom stereocenters. The van der Waals surface area contributed by atoms with E-state index in [2.05, 4.69) is 10.3 Å². The van der Waals surface area contributed by atoms with Crippen molar-refractivity contribution in [2.24, 2.45) is 0 Å². The number of aromatic nitrogens is 1. The minimum atomic E-state index is -4.46. The molecule has 9 heteroatoms. The number of carbonyl (C=O) groups excluding carboxylic acids is 1. The molecule has 116 valence electrons. The summed E-state index contributed by atoms with van der Waals surface area (Å²) in [7, 11) is 0. The van der Waals surface area contributed by atoms with E-state index in [4.69, 9.17) is 9.47 Å². The summed E-state index contributed by atoms with van der Waals surface area (Å²) in [6.07, 6.45) is -3.77. The molecule has 0 saturated heterocycles. The Hall–Kier alpha value is -2.29. The van der Waals surface area contributed by atoms with E-state index in [0.717, 1.165) is 0 Å². The van der Waals surface area contributed by atoms with Gasteiger partial charge >= 0.3 is 6.18 Å². The molecule has 1 aromatic heterocycles. The topological polar surface area (TPSA) is 60.5 Å². The number of alkyl halides is 3. The molecule has 1 aliphatic heterocycles. The first-order valence-electron chi connectivity index (χ1n) is 6.13. The van der Waals surface area contributed by atoms with E-state index in [0.29, 0.717) is 34.6 Å². The second-order valence-corrected chi connectivity index (χ2v) is 5.47. The van der Waals surface area contributed by atoms with Gasteiger partial charge in [-0.05, 0) is 17.7 Å². The molecule has 1 aliphatic rings. The number of amides is 1. The number of fused-ring (bicyclic) bond motifs is 1. The first-order chi connectivity index (χ1) is 10.4. The van der Waals surface area contributed by atoms with Crippen LogP contribution in [-0.2, 0) is 17.4 Å². The van der Waals surface area contributed by atoms with Gasteiger partial charge in [0.15, 0.2) is 16.6 Å². The molecule has 0 aliphatic carbocycles. The summed E-state index contributed by atoms with van der Waals surface area (Å²) in [5, 5.41) is 2.26. The van der Waals surface area contributed by atoms with Crippen molar-refractivity contribution in [3.05, 3.63) is 34.8 Å². The number of nitrogens with zero attached hydrogens (tertiary/aromatic N) is 1. The zero-order chi connectivity index (χ0) is 15.7. The first kappa shape index (κ1) is 14.6. The highest BCUT2D eigenvalue weighted by Crippen LogP contribution is 2.35. The zero-order valence-corrected chi connectivity index (χ0v) is 11.8. The lowest BCUT2D eigenvalue weighted by Gasteiger charge is -2.03. The number of ether oxygens (including phenoxy) is 2. The van der Waals surface area contributed by atoms with Gasteiger partial charge in [-0.15, -0.1) is 0 Å². The number of anilines is 1. The Morgan fingerprint density at radius 1 is 1.32 bits per heavy atom. The summed E-state index contributed by atoms with van der Waals surface area (Å²) in [4.78, 5) is 14.5. The Kier molecular flexibility index (Phi) is 3.65. The smallest absolute Gasteiger partial charge is 0.427 e. The van der Waals surface area contributed by atoms with E-state index >= 15 is 0 Å². The molecular formula is C13H9F3N2O3S. The molecule has 1 amide bonds. The van der Waals surface area contributed by atoms with Gasteiger partial charge in [0.25, 0.3) is 0 Å². The maximum absolute atomic E-state index is 12.4. The van der Waals surface area contributed by atoms with Crippen LogP contribution in [0.3, 0.4) is 0 Å². The Morgan fingerprint density at radius 2 is 2.09 bits per heavy atom. The molecule has 2 aromatic rings. The lowest BCUT2D eigenvalue weighted by atomic mass is 10.1. The molecular weight excluding hydrogens is 321 g/mol. The number of nitrogens with one attached hydrogen (secondary N) is 1. The van der Waals surface area contributed by atoms with Crippen molar-refractivity contribution in [3.8, 4) is 11.5 Å². The minimum Gasteiger partial charge on any atom is -0.454 e. The molecule has 1 N–H and O–H groups in total. The monoisotopic (exact) mass is 330 g/mol. The van der Waals surface area contributed by atoms with Gasteiger partial charge in [0, 0.05) is 0 Å². The van der Waals surface area contributed by atoms with Crippen LogP contribution in [0.1, 0.15) is 10.4 Å². The molecule has 0 radical (unpaired) electrons. The van der Waals surface area contributed by atoms with Crippen molar-refractivity contribution in [2.75, 3.05) is 12.1 Å². The number of hydrogen-bond donors (Lipinski definition) is 1. The average Bonchev–Trinajstić information content (AvgIpc) is 3.05. The summed E-state index contributed by atoms with van der Waals surface area (Å²) >= 11 is 0.386. The summed E-state index contributed by atoms with van der Waals surface area (Å²) in [5.74, 6) is 0.680. The van der Waals surface area contributed by atoms with Gasteiger partial charge in [-0.25, -0.2) is 4.98 Å². The lowest BCUT2D eigenvalue weighted by Crippen LogP contribution is -2.14. The molecule has 0 fully saturated rings. The van der Waals surface area contributed by atoms with Gasteiger partial charge in [-0.1, -0.05) is 17.4 Å². The molecule has 5 nitrogen and oxygen atoms in total. The Bertz CT molecular complexity index is 715. The summed E-state index contributed by atoms with van der Waals surface area (Å²) in [6.45, 7) is 0.129. The Morgan fingerprint density at radius 3 is 2.82 bits per heavy atom.